The zero-order valence-electron chi connectivity index (χ0n) is 11.0. The molecule has 0 bridgehead atoms. The Bertz CT molecular complexity index is 448. The Morgan fingerprint density at radius 1 is 1.44 bits per heavy atom. The molecule has 1 aromatic carbocycles. The van der Waals surface area contributed by atoms with Crippen molar-refractivity contribution < 1.29 is 9.00 Å². The summed E-state index contributed by atoms with van der Waals surface area (Å²) in [5.74, 6) is -0.330. The Balaban J connectivity index is 2.59. The van der Waals surface area contributed by atoms with E-state index >= 15 is 0 Å². The van der Waals surface area contributed by atoms with Crippen LogP contribution in [0.4, 0.5) is 5.69 Å². The number of hydrogen-bond donors (Lipinski definition) is 2. The van der Waals surface area contributed by atoms with Gasteiger partial charge in [0.25, 0.3) is 0 Å². The molecule has 0 aliphatic heterocycles. The first kappa shape index (κ1) is 14.7. The quantitative estimate of drug-likeness (QED) is 0.790. The molecule has 3 unspecified atom stereocenters. The first-order valence-electron chi connectivity index (χ1n) is 5.87. The molecule has 100 valence electrons. The zero-order chi connectivity index (χ0) is 13.7. The number of anilines is 1. The van der Waals surface area contributed by atoms with E-state index in [-0.39, 0.29) is 17.1 Å². The number of nitrogen functional groups attached to an aromatic ring is 1. The Morgan fingerprint density at radius 3 is 2.67 bits per heavy atom. The highest BCUT2D eigenvalue weighted by Gasteiger charge is 2.16. The van der Waals surface area contributed by atoms with E-state index in [1.54, 1.807) is 18.4 Å². The van der Waals surface area contributed by atoms with Crippen LogP contribution in [0, 0.1) is 0 Å². The topological polar surface area (TPSA) is 72.2 Å². The van der Waals surface area contributed by atoms with Gasteiger partial charge in [0.05, 0.1) is 5.92 Å². The average Bonchev–Trinajstić information content (AvgIpc) is 2.34. The number of carbonyl (C=O) groups excluding carboxylic acids is 1. The van der Waals surface area contributed by atoms with Crippen molar-refractivity contribution in [2.24, 2.45) is 0 Å². The number of amides is 1. The smallest absolute Gasteiger partial charge is 0.227 e. The normalized spacial score (nSPS) is 15.7. The van der Waals surface area contributed by atoms with Gasteiger partial charge < -0.3 is 11.1 Å². The molecule has 0 heterocycles. The molecule has 3 N–H and O–H groups in total. The first-order valence-corrected chi connectivity index (χ1v) is 7.49. The minimum absolute atomic E-state index is 0.0398. The summed E-state index contributed by atoms with van der Waals surface area (Å²) in [7, 11) is -0.923. The van der Waals surface area contributed by atoms with Gasteiger partial charge >= 0.3 is 0 Å². The van der Waals surface area contributed by atoms with Gasteiger partial charge in [-0.15, -0.1) is 0 Å². The standard InChI is InChI=1S/C13H20N2O2S/c1-9(18(3)17)8-15-13(16)10(2)11-5-4-6-12(14)7-11/h4-7,9-10H,8,14H2,1-3H3,(H,15,16). The van der Waals surface area contributed by atoms with Gasteiger partial charge in [-0.1, -0.05) is 12.1 Å². The maximum absolute atomic E-state index is 11.9. The van der Waals surface area contributed by atoms with Crippen LogP contribution in [-0.4, -0.2) is 28.2 Å². The highest BCUT2D eigenvalue weighted by Crippen LogP contribution is 2.17. The van der Waals surface area contributed by atoms with Crippen molar-refractivity contribution in [1.29, 1.82) is 0 Å². The molecule has 5 heteroatoms. The van der Waals surface area contributed by atoms with Crippen molar-refractivity contribution in [3.8, 4) is 0 Å². The van der Waals surface area contributed by atoms with Crippen LogP contribution >= 0.6 is 0 Å². The molecular weight excluding hydrogens is 248 g/mol. The molecule has 0 fully saturated rings. The lowest BCUT2D eigenvalue weighted by molar-refractivity contribution is -0.122. The SMILES string of the molecule is CC(C(=O)NCC(C)S(C)=O)c1cccc(N)c1. The number of nitrogens with one attached hydrogen (secondary N) is 1. The van der Waals surface area contributed by atoms with E-state index < -0.39 is 10.8 Å². The molecule has 0 spiro atoms. The number of rotatable bonds is 5. The number of hydrogen-bond acceptors (Lipinski definition) is 3. The maximum Gasteiger partial charge on any atom is 0.227 e. The molecule has 1 rings (SSSR count). The summed E-state index contributed by atoms with van der Waals surface area (Å²) < 4.78 is 11.2. The van der Waals surface area contributed by atoms with Crippen LogP contribution < -0.4 is 11.1 Å². The van der Waals surface area contributed by atoms with Gasteiger partial charge in [-0.05, 0) is 31.5 Å². The molecule has 0 aliphatic rings. The van der Waals surface area contributed by atoms with Crippen molar-refractivity contribution in [1.82, 2.24) is 5.32 Å². The van der Waals surface area contributed by atoms with E-state index in [1.807, 2.05) is 26.0 Å². The number of nitrogens with two attached hydrogens (primary N) is 1. The second-order valence-electron chi connectivity index (χ2n) is 4.45. The van der Waals surface area contributed by atoms with Crippen LogP contribution in [0.1, 0.15) is 25.3 Å². The number of benzene rings is 1. The van der Waals surface area contributed by atoms with Crippen molar-refractivity contribution in [2.75, 3.05) is 18.5 Å². The molecule has 1 amide bonds. The lowest BCUT2D eigenvalue weighted by Gasteiger charge is -2.15. The highest BCUT2D eigenvalue weighted by atomic mass is 32.2. The molecule has 0 saturated carbocycles. The van der Waals surface area contributed by atoms with E-state index in [0.29, 0.717) is 12.2 Å². The number of carbonyl (C=O) groups is 1. The van der Waals surface area contributed by atoms with Gasteiger partial charge in [0.2, 0.25) is 5.91 Å². The molecule has 0 aliphatic carbocycles. The average molecular weight is 268 g/mol. The Labute approximate surface area is 110 Å². The summed E-state index contributed by atoms with van der Waals surface area (Å²) in [4.78, 5) is 11.9. The summed E-state index contributed by atoms with van der Waals surface area (Å²) in [5, 5.41) is 2.77. The predicted octanol–water partition coefficient (Wildman–Crippen LogP) is 1.26. The fourth-order valence-corrected chi connectivity index (χ4v) is 1.81. The van der Waals surface area contributed by atoms with Crippen LogP contribution in [0.25, 0.3) is 0 Å². The monoisotopic (exact) mass is 268 g/mol. The van der Waals surface area contributed by atoms with Crippen molar-refractivity contribution >= 4 is 22.4 Å². The summed E-state index contributed by atoms with van der Waals surface area (Å²) in [6.07, 6.45) is 1.64. The predicted molar refractivity (Wildman–Crippen MR) is 75.8 cm³/mol. The van der Waals surface area contributed by atoms with Gasteiger partial charge in [-0.2, -0.15) is 0 Å². The van der Waals surface area contributed by atoms with Gasteiger partial charge in [-0.25, -0.2) is 0 Å². The van der Waals surface area contributed by atoms with Crippen molar-refractivity contribution in [2.45, 2.75) is 25.0 Å². The lowest BCUT2D eigenvalue weighted by atomic mass is 10.00. The lowest BCUT2D eigenvalue weighted by Crippen LogP contribution is -2.35. The summed E-state index contributed by atoms with van der Waals surface area (Å²) in [6.45, 7) is 4.11. The second-order valence-corrected chi connectivity index (χ2v) is 6.25. The van der Waals surface area contributed by atoms with Crippen LogP contribution in [0.5, 0.6) is 0 Å². The second kappa shape index (κ2) is 6.54. The Hall–Kier alpha value is -1.36. The minimum atomic E-state index is -0.923. The van der Waals surface area contributed by atoms with E-state index in [2.05, 4.69) is 5.32 Å². The van der Waals surface area contributed by atoms with Crippen LogP contribution in [0.3, 0.4) is 0 Å². The fourth-order valence-electron chi connectivity index (χ4n) is 1.49. The zero-order valence-corrected chi connectivity index (χ0v) is 11.8. The largest absolute Gasteiger partial charge is 0.399 e. The van der Waals surface area contributed by atoms with E-state index in [1.165, 1.54) is 0 Å². The summed E-state index contributed by atoms with van der Waals surface area (Å²) in [5.41, 5.74) is 7.22. The van der Waals surface area contributed by atoms with E-state index in [0.717, 1.165) is 5.56 Å². The van der Waals surface area contributed by atoms with Crippen molar-refractivity contribution in [3.63, 3.8) is 0 Å². The first-order chi connectivity index (χ1) is 8.41. The van der Waals surface area contributed by atoms with Crippen LogP contribution in [0.15, 0.2) is 24.3 Å². The molecular formula is C13H20N2O2S. The van der Waals surface area contributed by atoms with Gasteiger partial charge in [0.15, 0.2) is 0 Å². The molecule has 1 aromatic rings. The fraction of sp³-hybridized carbons (Fsp3) is 0.462. The Kier molecular flexibility index (Phi) is 5.34. The van der Waals surface area contributed by atoms with E-state index in [9.17, 15) is 9.00 Å². The summed E-state index contributed by atoms with van der Waals surface area (Å²) >= 11 is 0. The molecule has 0 saturated heterocycles. The molecule has 4 nitrogen and oxygen atoms in total. The third-order valence-electron chi connectivity index (χ3n) is 2.93. The third kappa shape index (κ3) is 4.14. The molecule has 0 radical (unpaired) electrons. The third-order valence-corrected chi connectivity index (χ3v) is 4.23. The van der Waals surface area contributed by atoms with Crippen LogP contribution in [0.2, 0.25) is 0 Å². The minimum Gasteiger partial charge on any atom is -0.399 e. The highest BCUT2D eigenvalue weighted by molar-refractivity contribution is 7.84. The molecule has 3 atom stereocenters. The van der Waals surface area contributed by atoms with Gasteiger partial charge in [0.1, 0.15) is 0 Å². The van der Waals surface area contributed by atoms with Gasteiger partial charge in [-0.3, -0.25) is 9.00 Å². The van der Waals surface area contributed by atoms with Crippen LogP contribution in [-0.2, 0) is 15.6 Å². The van der Waals surface area contributed by atoms with E-state index in [4.69, 9.17) is 5.73 Å². The Morgan fingerprint density at radius 2 is 2.11 bits per heavy atom. The molecule has 0 aromatic heterocycles. The van der Waals surface area contributed by atoms with Crippen molar-refractivity contribution in [3.05, 3.63) is 29.8 Å². The van der Waals surface area contributed by atoms with Gasteiger partial charge in [0, 0.05) is 34.5 Å². The summed E-state index contributed by atoms with van der Waals surface area (Å²) in [6, 6.07) is 7.29. The maximum atomic E-state index is 11.9. The molecule has 18 heavy (non-hydrogen) atoms.